The van der Waals surface area contributed by atoms with Gasteiger partial charge in [0.05, 0.1) is 23.1 Å². The molecule has 2 amide bonds. The van der Waals surface area contributed by atoms with E-state index in [2.05, 4.69) is 15.6 Å². The average molecular weight is 387 g/mol. The van der Waals surface area contributed by atoms with Gasteiger partial charge in [0.15, 0.2) is 5.13 Å². The average Bonchev–Trinajstić information content (AvgIpc) is 3.00. The van der Waals surface area contributed by atoms with Gasteiger partial charge in [-0.3, -0.25) is 9.59 Å². The fourth-order valence-corrected chi connectivity index (χ4v) is 3.92. The Morgan fingerprint density at radius 1 is 1.19 bits per heavy atom. The lowest BCUT2D eigenvalue weighted by atomic mass is 10.3. The van der Waals surface area contributed by atoms with E-state index in [1.165, 1.54) is 30.0 Å². The van der Waals surface area contributed by atoms with Crippen molar-refractivity contribution in [3.05, 3.63) is 42.5 Å². The van der Waals surface area contributed by atoms with Crippen LogP contribution in [0.15, 0.2) is 47.4 Å². The summed E-state index contributed by atoms with van der Waals surface area (Å²) in [5, 5.41) is 6.11. The van der Waals surface area contributed by atoms with Crippen molar-refractivity contribution in [3.8, 4) is 5.75 Å². The van der Waals surface area contributed by atoms with Crippen LogP contribution < -0.4 is 15.4 Å². The molecule has 3 aromatic rings. The molecule has 0 spiro atoms. The molecule has 8 heteroatoms. The van der Waals surface area contributed by atoms with E-state index in [-0.39, 0.29) is 17.6 Å². The number of rotatable bonds is 6. The van der Waals surface area contributed by atoms with Gasteiger partial charge < -0.3 is 15.4 Å². The molecule has 0 saturated carbocycles. The quantitative estimate of drug-likeness (QED) is 0.625. The Balaban J connectivity index is 1.60. The second-order valence-electron chi connectivity index (χ2n) is 5.40. The van der Waals surface area contributed by atoms with E-state index in [1.54, 1.807) is 13.2 Å². The Morgan fingerprint density at radius 2 is 2.04 bits per heavy atom. The van der Waals surface area contributed by atoms with Gasteiger partial charge in [0.25, 0.3) is 0 Å². The van der Waals surface area contributed by atoms with Gasteiger partial charge in [-0.1, -0.05) is 17.4 Å². The van der Waals surface area contributed by atoms with Gasteiger partial charge in [0.2, 0.25) is 11.8 Å². The summed E-state index contributed by atoms with van der Waals surface area (Å²) in [4.78, 5) is 28.6. The molecule has 2 N–H and O–H groups in total. The van der Waals surface area contributed by atoms with E-state index >= 15 is 0 Å². The van der Waals surface area contributed by atoms with Gasteiger partial charge in [-0.2, -0.15) is 0 Å². The normalized spacial score (nSPS) is 10.5. The van der Waals surface area contributed by atoms with Crippen LogP contribution in [-0.2, 0) is 9.59 Å². The zero-order valence-corrected chi connectivity index (χ0v) is 15.9. The van der Waals surface area contributed by atoms with Crippen LogP contribution in [0.3, 0.4) is 0 Å². The number of aromatic nitrogens is 1. The minimum absolute atomic E-state index is 0.127. The summed E-state index contributed by atoms with van der Waals surface area (Å²) in [5.74, 6) is 0.750. The molecule has 2 aromatic carbocycles. The van der Waals surface area contributed by atoms with Crippen molar-refractivity contribution >= 4 is 55.9 Å². The van der Waals surface area contributed by atoms with Crippen LogP contribution in [0.5, 0.6) is 5.75 Å². The number of nitrogens with zero attached hydrogens (tertiary/aromatic N) is 1. The Kier molecular flexibility index (Phi) is 5.75. The van der Waals surface area contributed by atoms with Crippen LogP contribution in [-0.4, -0.2) is 29.7 Å². The number of anilines is 2. The van der Waals surface area contributed by atoms with Gasteiger partial charge >= 0.3 is 0 Å². The highest BCUT2D eigenvalue weighted by molar-refractivity contribution is 8.00. The number of nitrogens with one attached hydrogen (secondary N) is 2. The molecule has 0 aliphatic carbocycles. The number of amides is 2. The molecular formula is C18H17N3O3S2. The molecular weight excluding hydrogens is 370 g/mol. The number of hydrogen-bond acceptors (Lipinski definition) is 6. The molecule has 0 aliphatic rings. The summed E-state index contributed by atoms with van der Waals surface area (Å²) >= 11 is 2.80. The maximum atomic E-state index is 12.2. The van der Waals surface area contributed by atoms with E-state index in [0.717, 1.165) is 20.9 Å². The molecule has 0 saturated heterocycles. The largest absolute Gasteiger partial charge is 0.497 e. The van der Waals surface area contributed by atoms with Crippen LogP contribution >= 0.6 is 23.1 Å². The maximum absolute atomic E-state index is 12.2. The lowest BCUT2D eigenvalue weighted by Gasteiger charge is -2.05. The van der Waals surface area contributed by atoms with E-state index < -0.39 is 0 Å². The fourth-order valence-electron chi connectivity index (χ4n) is 2.26. The molecule has 6 nitrogen and oxygen atoms in total. The Morgan fingerprint density at radius 3 is 2.81 bits per heavy atom. The third-order valence-electron chi connectivity index (χ3n) is 3.37. The first-order chi connectivity index (χ1) is 12.5. The molecule has 0 unspecified atom stereocenters. The summed E-state index contributed by atoms with van der Waals surface area (Å²) < 4.78 is 6.15. The monoisotopic (exact) mass is 387 g/mol. The van der Waals surface area contributed by atoms with Crippen LogP contribution in [0, 0.1) is 0 Å². The summed E-state index contributed by atoms with van der Waals surface area (Å²) in [6.45, 7) is 1.46. The highest BCUT2D eigenvalue weighted by Crippen LogP contribution is 2.29. The first kappa shape index (κ1) is 18.2. The topological polar surface area (TPSA) is 80.3 Å². The van der Waals surface area contributed by atoms with Gasteiger partial charge in [-0.05, 0) is 36.4 Å². The molecule has 0 radical (unpaired) electrons. The van der Waals surface area contributed by atoms with Crippen molar-refractivity contribution in [1.82, 2.24) is 4.98 Å². The van der Waals surface area contributed by atoms with E-state index in [1.807, 2.05) is 36.4 Å². The first-order valence-electron chi connectivity index (χ1n) is 7.78. The predicted octanol–water partition coefficient (Wildman–Crippen LogP) is 3.99. The number of hydrogen-bond donors (Lipinski definition) is 2. The smallest absolute Gasteiger partial charge is 0.236 e. The standard InChI is InChI=1S/C18H17N3O3S2/c1-11(22)19-12-4-3-5-14(8-12)25-10-17(23)21-18-20-15-7-6-13(24-2)9-16(15)26-18/h3-9H,10H2,1-2H3,(H,19,22)(H,20,21,23). The third kappa shape index (κ3) is 4.74. The molecule has 3 rings (SSSR count). The van der Waals surface area contributed by atoms with Crippen molar-refractivity contribution < 1.29 is 14.3 Å². The number of benzene rings is 2. The van der Waals surface area contributed by atoms with Gasteiger partial charge in [-0.15, -0.1) is 11.8 Å². The minimum atomic E-state index is -0.133. The van der Waals surface area contributed by atoms with Gasteiger partial charge in [-0.25, -0.2) is 4.98 Å². The minimum Gasteiger partial charge on any atom is -0.497 e. The molecule has 0 atom stereocenters. The molecule has 134 valence electrons. The van der Waals surface area contributed by atoms with Crippen LogP contribution in [0.1, 0.15) is 6.92 Å². The number of thioether (sulfide) groups is 1. The lowest BCUT2D eigenvalue weighted by Crippen LogP contribution is -2.13. The number of methoxy groups -OCH3 is 1. The lowest BCUT2D eigenvalue weighted by molar-refractivity contribution is -0.114. The third-order valence-corrected chi connectivity index (χ3v) is 5.29. The van der Waals surface area contributed by atoms with E-state index in [4.69, 9.17) is 4.74 Å². The van der Waals surface area contributed by atoms with Crippen molar-refractivity contribution in [2.24, 2.45) is 0 Å². The molecule has 0 fully saturated rings. The second kappa shape index (κ2) is 8.20. The van der Waals surface area contributed by atoms with Crippen molar-refractivity contribution in [2.75, 3.05) is 23.5 Å². The highest BCUT2D eigenvalue weighted by atomic mass is 32.2. The molecule has 0 bridgehead atoms. The number of thiazole rings is 1. The zero-order chi connectivity index (χ0) is 18.5. The number of ether oxygens (including phenoxy) is 1. The highest BCUT2D eigenvalue weighted by Gasteiger charge is 2.09. The Hall–Kier alpha value is -2.58. The van der Waals surface area contributed by atoms with Crippen LogP contribution in [0.25, 0.3) is 10.2 Å². The molecule has 26 heavy (non-hydrogen) atoms. The van der Waals surface area contributed by atoms with Gasteiger partial charge in [0, 0.05) is 17.5 Å². The van der Waals surface area contributed by atoms with Crippen molar-refractivity contribution in [1.29, 1.82) is 0 Å². The Bertz CT molecular complexity index is 956. The zero-order valence-electron chi connectivity index (χ0n) is 14.2. The Labute approximate surface area is 159 Å². The molecule has 0 aliphatic heterocycles. The molecule has 1 heterocycles. The van der Waals surface area contributed by atoms with E-state index in [0.29, 0.717) is 10.8 Å². The second-order valence-corrected chi connectivity index (χ2v) is 7.48. The van der Waals surface area contributed by atoms with Gasteiger partial charge in [0.1, 0.15) is 5.75 Å². The molecule has 1 aromatic heterocycles. The SMILES string of the molecule is COc1ccc2nc(NC(=O)CSc3cccc(NC(C)=O)c3)sc2c1. The summed E-state index contributed by atoms with van der Waals surface area (Å²) in [6, 6.07) is 13.0. The van der Waals surface area contributed by atoms with Crippen molar-refractivity contribution in [3.63, 3.8) is 0 Å². The number of carbonyl (C=O) groups excluding carboxylic acids is 2. The fraction of sp³-hybridized carbons (Fsp3) is 0.167. The summed E-state index contributed by atoms with van der Waals surface area (Å²) in [7, 11) is 1.61. The van der Waals surface area contributed by atoms with Crippen LogP contribution in [0.2, 0.25) is 0 Å². The maximum Gasteiger partial charge on any atom is 0.236 e. The van der Waals surface area contributed by atoms with Crippen molar-refractivity contribution in [2.45, 2.75) is 11.8 Å². The van der Waals surface area contributed by atoms with E-state index in [9.17, 15) is 9.59 Å². The van der Waals surface area contributed by atoms with Crippen LogP contribution in [0.4, 0.5) is 10.8 Å². The number of fused-ring (bicyclic) bond motifs is 1. The summed E-state index contributed by atoms with van der Waals surface area (Å²) in [6.07, 6.45) is 0. The first-order valence-corrected chi connectivity index (χ1v) is 9.58. The number of carbonyl (C=O) groups is 2. The summed E-state index contributed by atoms with van der Waals surface area (Å²) in [5.41, 5.74) is 1.53. The predicted molar refractivity (Wildman–Crippen MR) is 106 cm³/mol.